The summed E-state index contributed by atoms with van der Waals surface area (Å²) in [6.45, 7) is 0.489. The van der Waals surface area contributed by atoms with Gasteiger partial charge in [-0.3, -0.25) is 0 Å². The average molecular weight is 262 g/mol. The second-order valence-corrected chi connectivity index (χ2v) is 3.96. The zero-order valence-electron chi connectivity index (χ0n) is 10.2. The van der Waals surface area contributed by atoms with Gasteiger partial charge < -0.3 is 15.8 Å². The molecule has 0 fully saturated rings. The molecule has 102 valence electrons. The lowest BCUT2D eigenvalue weighted by Gasteiger charge is -2.10. The Hall–Kier alpha value is -1.59. The first-order chi connectivity index (χ1) is 8.42. The summed E-state index contributed by atoms with van der Waals surface area (Å²) >= 11 is 0. The number of rotatable bonds is 6. The number of hydrogen-bond acceptors (Lipinski definition) is 3. The Morgan fingerprint density at radius 3 is 2.61 bits per heavy atom. The molecule has 0 atom stereocenters. The van der Waals surface area contributed by atoms with E-state index >= 15 is 0 Å². The number of nitrogens with one attached hydrogen (secondary N) is 1. The van der Waals surface area contributed by atoms with Crippen LogP contribution in [0, 0.1) is 0 Å². The minimum Gasteiger partial charge on any atom is -0.495 e. The smallest absolute Gasteiger partial charge is 0.389 e. The Balaban J connectivity index is 2.31. The molecular weight excluding hydrogens is 245 g/mol. The number of benzene rings is 1. The Morgan fingerprint density at radius 1 is 1.28 bits per heavy atom. The van der Waals surface area contributed by atoms with Gasteiger partial charge in [0.05, 0.1) is 12.8 Å². The van der Waals surface area contributed by atoms with Crippen molar-refractivity contribution >= 4 is 11.4 Å². The van der Waals surface area contributed by atoms with Gasteiger partial charge >= 0.3 is 6.18 Å². The molecule has 0 aromatic heterocycles. The van der Waals surface area contributed by atoms with E-state index in [9.17, 15) is 13.2 Å². The fraction of sp³-hybridized carbons (Fsp3) is 0.500. The monoisotopic (exact) mass is 262 g/mol. The normalized spacial score (nSPS) is 11.3. The fourth-order valence-corrected chi connectivity index (χ4v) is 1.50. The highest BCUT2D eigenvalue weighted by molar-refractivity contribution is 5.61. The molecule has 0 aliphatic rings. The van der Waals surface area contributed by atoms with Gasteiger partial charge in [-0.05, 0) is 25.0 Å². The summed E-state index contributed by atoms with van der Waals surface area (Å²) in [6, 6.07) is 5.18. The lowest BCUT2D eigenvalue weighted by atomic mass is 10.2. The zero-order valence-corrected chi connectivity index (χ0v) is 10.2. The molecule has 18 heavy (non-hydrogen) atoms. The molecule has 6 heteroatoms. The Bertz CT molecular complexity index is 380. The summed E-state index contributed by atoms with van der Waals surface area (Å²) in [7, 11) is 1.51. The molecule has 0 radical (unpaired) electrons. The molecule has 0 unspecified atom stereocenters. The number of ether oxygens (including phenoxy) is 1. The van der Waals surface area contributed by atoms with Crippen molar-refractivity contribution in [2.75, 3.05) is 24.7 Å². The molecule has 0 aliphatic heterocycles. The fourth-order valence-electron chi connectivity index (χ4n) is 1.50. The molecule has 1 rings (SSSR count). The van der Waals surface area contributed by atoms with E-state index in [4.69, 9.17) is 10.5 Å². The van der Waals surface area contributed by atoms with E-state index in [1.165, 1.54) is 7.11 Å². The summed E-state index contributed by atoms with van der Waals surface area (Å²) < 4.78 is 40.7. The van der Waals surface area contributed by atoms with E-state index in [1.807, 2.05) is 0 Å². The molecule has 0 saturated carbocycles. The van der Waals surface area contributed by atoms with Crippen LogP contribution in [0.1, 0.15) is 19.3 Å². The third kappa shape index (κ3) is 5.16. The minimum absolute atomic E-state index is 0.128. The van der Waals surface area contributed by atoms with E-state index in [-0.39, 0.29) is 6.42 Å². The van der Waals surface area contributed by atoms with Gasteiger partial charge in [0, 0.05) is 24.7 Å². The summed E-state index contributed by atoms with van der Waals surface area (Å²) in [6.07, 6.45) is -4.21. The molecule has 0 bridgehead atoms. The van der Waals surface area contributed by atoms with E-state index in [2.05, 4.69) is 5.32 Å². The van der Waals surface area contributed by atoms with Crippen molar-refractivity contribution < 1.29 is 17.9 Å². The number of unbranched alkanes of at least 4 members (excludes halogenated alkanes) is 1. The molecule has 0 spiro atoms. The van der Waals surface area contributed by atoms with Crippen LogP contribution in [0.3, 0.4) is 0 Å². The predicted octanol–water partition coefficient (Wildman–Crippen LogP) is 3.42. The number of hydrogen-bond donors (Lipinski definition) is 2. The summed E-state index contributed by atoms with van der Waals surface area (Å²) in [4.78, 5) is 0. The molecule has 0 aliphatic carbocycles. The van der Waals surface area contributed by atoms with Crippen molar-refractivity contribution in [1.29, 1.82) is 0 Å². The lowest BCUT2D eigenvalue weighted by Crippen LogP contribution is -2.08. The summed E-state index contributed by atoms with van der Waals surface area (Å²) in [5, 5.41) is 3.03. The van der Waals surface area contributed by atoms with Crippen LogP contribution in [0.2, 0.25) is 0 Å². The van der Waals surface area contributed by atoms with Gasteiger partial charge in [-0.15, -0.1) is 0 Å². The van der Waals surface area contributed by atoms with Crippen LogP contribution >= 0.6 is 0 Å². The van der Waals surface area contributed by atoms with Crippen LogP contribution in [0.15, 0.2) is 18.2 Å². The average Bonchev–Trinajstić information content (AvgIpc) is 2.29. The molecule has 3 N–H and O–H groups in total. The van der Waals surface area contributed by atoms with Crippen molar-refractivity contribution in [3.8, 4) is 5.75 Å². The third-order valence-corrected chi connectivity index (χ3v) is 2.45. The highest BCUT2D eigenvalue weighted by Crippen LogP contribution is 2.25. The molecule has 0 heterocycles. The van der Waals surface area contributed by atoms with Crippen LogP contribution in [-0.2, 0) is 0 Å². The highest BCUT2D eigenvalue weighted by atomic mass is 19.4. The predicted molar refractivity (Wildman–Crippen MR) is 65.8 cm³/mol. The quantitative estimate of drug-likeness (QED) is 0.610. The maximum Gasteiger partial charge on any atom is 0.389 e. The Labute approximate surface area is 104 Å². The third-order valence-electron chi connectivity index (χ3n) is 2.45. The Kier molecular flexibility index (Phi) is 5.12. The number of anilines is 2. The first kappa shape index (κ1) is 14.5. The van der Waals surface area contributed by atoms with Gasteiger partial charge in [0.1, 0.15) is 5.75 Å². The van der Waals surface area contributed by atoms with Gasteiger partial charge in [-0.2, -0.15) is 13.2 Å². The molecule has 0 amide bonds. The molecule has 0 saturated heterocycles. The number of alkyl halides is 3. The van der Waals surface area contributed by atoms with E-state index in [0.29, 0.717) is 24.4 Å². The van der Waals surface area contributed by atoms with Gasteiger partial charge in [0.15, 0.2) is 0 Å². The maximum absolute atomic E-state index is 11.9. The standard InChI is InChI=1S/C12H17F3N2O/c1-18-11-8-9(4-5-10(11)16)17-7-3-2-6-12(13,14)15/h4-5,8,17H,2-3,6-7,16H2,1H3. The highest BCUT2D eigenvalue weighted by Gasteiger charge is 2.25. The largest absolute Gasteiger partial charge is 0.495 e. The first-order valence-electron chi connectivity index (χ1n) is 5.66. The van der Waals surface area contributed by atoms with E-state index < -0.39 is 12.6 Å². The van der Waals surface area contributed by atoms with Gasteiger partial charge in [-0.1, -0.05) is 0 Å². The first-order valence-corrected chi connectivity index (χ1v) is 5.66. The van der Waals surface area contributed by atoms with Gasteiger partial charge in [0.25, 0.3) is 0 Å². The molecule has 1 aromatic rings. The van der Waals surface area contributed by atoms with Crippen LogP contribution in [0.25, 0.3) is 0 Å². The molecule has 1 aromatic carbocycles. The van der Waals surface area contributed by atoms with E-state index in [0.717, 1.165) is 5.69 Å². The summed E-state index contributed by atoms with van der Waals surface area (Å²) in [5.74, 6) is 0.551. The van der Waals surface area contributed by atoms with Crippen LogP contribution in [0.5, 0.6) is 5.75 Å². The summed E-state index contributed by atoms with van der Waals surface area (Å²) in [5.41, 5.74) is 6.96. The van der Waals surface area contributed by atoms with Crippen molar-refractivity contribution in [2.24, 2.45) is 0 Å². The maximum atomic E-state index is 11.9. The number of nitrogens with two attached hydrogens (primary N) is 1. The van der Waals surface area contributed by atoms with E-state index in [1.54, 1.807) is 18.2 Å². The van der Waals surface area contributed by atoms with Crippen molar-refractivity contribution in [2.45, 2.75) is 25.4 Å². The van der Waals surface area contributed by atoms with Crippen LogP contribution in [-0.4, -0.2) is 19.8 Å². The topological polar surface area (TPSA) is 47.3 Å². The van der Waals surface area contributed by atoms with Crippen molar-refractivity contribution in [1.82, 2.24) is 0 Å². The number of methoxy groups -OCH3 is 1. The molecular formula is C12H17F3N2O. The van der Waals surface area contributed by atoms with Crippen molar-refractivity contribution in [3.63, 3.8) is 0 Å². The van der Waals surface area contributed by atoms with Crippen molar-refractivity contribution in [3.05, 3.63) is 18.2 Å². The second kappa shape index (κ2) is 6.37. The lowest BCUT2D eigenvalue weighted by molar-refractivity contribution is -0.135. The van der Waals surface area contributed by atoms with Gasteiger partial charge in [0.2, 0.25) is 0 Å². The molecule has 3 nitrogen and oxygen atoms in total. The van der Waals surface area contributed by atoms with Gasteiger partial charge in [-0.25, -0.2) is 0 Å². The Morgan fingerprint density at radius 2 is 2.00 bits per heavy atom. The second-order valence-electron chi connectivity index (χ2n) is 3.96. The number of halogens is 3. The zero-order chi connectivity index (χ0) is 13.6. The van der Waals surface area contributed by atoms with Crippen LogP contribution < -0.4 is 15.8 Å². The number of nitrogen functional groups attached to an aromatic ring is 1. The minimum atomic E-state index is -4.07. The van der Waals surface area contributed by atoms with Crippen LogP contribution in [0.4, 0.5) is 24.5 Å². The SMILES string of the molecule is COc1cc(NCCCCC(F)(F)F)ccc1N.